The lowest BCUT2D eigenvalue weighted by atomic mass is 10.0. The van der Waals surface area contributed by atoms with E-state index in [4.69, 9.17) is 11.6 Å². The number of aromatic nitrogens is 8. The Bertz CT molecular complexity index is 1670. The predicted octanol–water partition coefficient (Wildman–Crippen LogP) is 4.63. The summed E-state index contributed by atoms with van der Waals surface area (Å²) in [6, 6.07) is 4.59. The first-order valence-electron chi connectivity index (χ1n) is 12.0. The molecule has 0 saturated heterocycles. The molecule has 0 fully saturated rings. The van der Waals surface area contributed by atoms with E-state index in [1.54, 1.807) is 30.1 Å². The van der Waals surface area contributed by atoms with Gasteiger partial charge in [-0.1, -0.05) is 16.8 Å². The minimum atomic E-state index is -3.01. The Kier molecular flexibility index (Phi) is 7.99. The quantitative estimate of drug-likeness (QED) is 0.144. The van der Waals surface area contributed by atoms with Crippen LogP contribution in [0.1, 0.15) is 36.1 Å². The molecule has 0 aliphatic rings. The lowest BCUT2D eigenvalue weighted by Gasteiger charge is -2.18. The van der Waals surface area contributed by atoms with E-state index in [-0.39, 0.29) is 40.6 Å². The maximum atomic E-state index is 15.3. The molecule has 10 nitrogen and oxygen atoms in total. The van der Waals surface area contributed by atoms with Crippen LogP contribution in [0, 0.1) is 17.9 Å². The standard InChI is InChI=1S/C25H20ClF5N8O2/c1-14-32-7-8-36(14)16-10-33-37(12-16)19(6-9-41-25(30)31)20-4-2-15(11-39(20)40)22-21(5-3-17(26)23(22)27)38-13-18(24(28)29)34-35-38/h2-5,7-8,10-13,19,24-25H,6,9H2,1H3/p+1/t19-/m1/s1. The largest absolute Gasteiger partial charge is 0.618 e. The van der Waals surface area contributed by atoms with Crippen LogP contribution in [0.15, 0.2) is 61.4 Å². The normalized spacial score (nSPS) is 12.5. The van der Waals surface area contributed by atoms with Crippen molar-refractivity contribution in [3.63, 3.8) is 0 Å². The van der Waals surface area contributed by atoms with Crippen LogP contribution in [0.5, 0.6) is 0 Å². The van der Waals surface area contributed by atoms with Gasteiger partial charge in [0.1, 0.15) is 11.9 Å². The number of pyridine rings is 1. The summed E-state index contributed by atoms with van der Waals surface area (Å²) in [7, 11) is 0. The van der Waals surface area contributed by atoms with Crippen molar-refractivity contribution in [3.8, 4) is 22.5 Å². The number of imidazole rings is 1. The van der Waals surface area contributed by atoms with Gasteiger partial charge in [0, 0.05) is 36.2 Å². The van der Waals surface area contributed by atoms with Gasteiger partial charge in [-0.15, -0.1) is 4.68 Å². The fourth-order valence-electron chi connectivity index (χ4n) is 4.40. The zero-order valence-electron chi connectivity index (χ0n) is 21.1. The molecule has 4 aromatic heterocycles. The number of hydrogen-bond donors (Lipinski definition) is 1. The minimum absolute atomic E-state index is 0.0485. The average Bonchev–Trinajstić information content (AvgIpc) is 3.69. The smallest absolute Gasteiger partial charge is 0.345 e. The number of rotatable bonds is 10. The molecule has 1 aromatic carbocycles. The van der Waals surface area contributed by atoms with Gasteiger partial charge in [0.2, 0.25) is 5.69 Å². The number of benzene rings is 1. The second-order valence-corrected chi connectivity index (χ2v) is 9.23. The van der Waals surface area contributed by atoms with Crippen molar-refractivity contribution in [3.05, 3.63) is 94.7 Å². The van der Waals surface area contributed by atoms with E-state index in [2.05, 4.69) is 25.1 Å². The van der Waals surface area contributed by atoms with Crippen LogP contribution in [0.4, 0.5) is 22.0 Å². The summed E-state index contributed by atoms with van der Waals surface area (Å²) in [4.78, 5) is 4.16. The van der Waals surface area contributed by atoms with Crippen molar-refractivity contribution >= 4 is 11.6 Å². The Morgan fingerprint density at radius 2 is 1.95 bits per heavy atom. The Balaban J connectivity index is 1.55. The molecular weight excluding hydrogens is 575 g/mol. The third-order valence-corrected chi connectivity index (χ3v) is 6.62. The molecule has 0 unspecified atom stereocenters. The Hall–Kier alpha value is -4.37. The lowest BCUT2D eigenvalue weighted by molar-refractivity contribution is -0.659. The number of halogens is 6. The van der Waals surface area contributed by atoms with Crippen LogP contribution in [-0.4, -0.2) is 42.9 Å². The predicted molar refractivity (Wildman–Crippen MR) is 133 cm³/mol. The van der Waals surface area contributed by atoms with Gasteiger partial charge in [-0.3, -0.25) is 4.68 Å². The molecule has 16 heteroatoms. The van der Waals surface area contributed by atoms with Crippen LogP contribution in [-0.2, 0) is 4.74 Å². The topological polar surface area (TPSA) is 104 Å². The third-order valence-electron chi connectivity index (χ3n) is 6.32. The van der Waals surface area contributed by atoms with E-state index in [1.165, 1.54) is 35.1 Å². The van der Waals surface area contributed by atoms with Crippen LogP contribution < -0.4 is 9.41 Å². The number of aryl methyl sites for hydroxylation is 1. The highest BCUT2D eigenvalue weighted by molar-refractivity contribution is 6.31. The van der Waals surface area contributed by atoms with Crippen molar-refractivity contribution in [2.45, 2.75) is 32.4 Å². The summed E-state index contributed by atoms with van der Waals surface area (Å²) in [5.74, 6) is -0.215. The van der Waals surface area contributed by atoms with E-state index in [0.717, 1.165) is 17.1 Å². The Morgan fingerprint density at radius 1 is 1.15 bits per heavy atom. The molecule has 0 aliphatic heterocycles. The van der Waals surface area contributed by atoms with Gasteiger partial charge in [-0.25, -0.2) is 18.2 Å². The third kappa shape index (κ3) is 5.76. The molecule has 4 heterocycles. The van der Waals surface area contributed by atoms with Crippen molar-refractivity contribution in [1.82, 2.24) is 29.6 Å². The SMILES string of the molecule is Cc1nccn1-c1cnn([C@H](CCOC(F)F)c2ccc(-c3c(-[n+]4cc(C(F)F)n[nH]4)ccc(Cl)c3F)c[n+]2[O-])c1. The minimum Gasteiger partial charge on any atom is -0.618 e. The first-order valence-corrected chi connectivity index (χ1v) is 12.4. The maximum Gasteiger partial charge on any atom is 0.345 e. The zero-order valence-corrected chi connectivity index (χ0v) is 21.9. The van der Waals surface area contributed by atoms with Crippen molar-refractivity contribution in [2.75, 3.05) is 6.61 Å². The fourth-order valence-corrected chi connectivity index (χ4v) is 4.56. The Morgan fingerprint density at radius 3 is 2.61 bits per heavy atom. The first kappa shape index (κ1) is 28.2. The number of aromatic amines is 1. The number of hydrogen-bond acceptors (Lipinski definition) is 5. The van der Waals surface area contributed by atoms with E-state index in [1.807, 2.05) is 0 Å². The van der Waals surface area contributed by atoms with E-state index in [0.29, 0.717) is 16.2 Å². The monoisotopic (exact) mass is 595 g/mol. The molecule has 5 rings (SSSR count). The highest BCUT2D eigenvalue weighted by Gasteiger charge is 2.28. The molecule has 0 saturated carbocycles. The van der Waals surface area contributed by atoms with E-state index >= 15 is 4.39 Å². The van der Waals surface area contributed by atoms with Gasteiger partial charge in [-0.2, -0.15) is 18.6 Å². The summed E-state index contributed by atoms with van der Waals surface area (Å²) >= 11 is 6.01. The molecular formula is C25H21ClF5N8O2+. The van der Waals surface area contributed by atoms with Crippen LogP contribution in [0.3, 0.4) is 0 Å². The van der Waals surface area contributed by atoms with Crippen LogP contribution >= 0.6 is 11.6 Å². The van der Waals surface area contributed by atoms with Crippen molar-refractivity contribution in [2.24, 2.45) is 0 Å². The molecule has 0 radical (unpaired) electrons. The maximum absolute atomic E-state index is 15.3. The Labute approximate surface area is 233 Å². The van der Waals surface area contributed by atoms with Gasteiger partial charge in [0.05, 0.1) is 34.6 Å². The second-order valence-electron chi connectivity index (χ2n) is 8.82. The van der Waals surface area contributed by atoms with Crippen molar-refractivity contribution < 1.29 is 36.1 Å². The molecule has 41 heavy (non-hydrogen) atoms. The van der Waals surface area contributed by atoms with Crippen molar-refractivity contribution in [1.29, 1.82) is 0 Å². The average molecular weight is 596 g/mol. The van der Waals surface area contributed by atoms with Gasteiger partial charge < -0.3 is 14.5 Å². The van der Waals surface area contributed by atoms with Crippen LogP contribution in [0.2, 0.25) is 5.02 Å². The molecule has 214 valence electrons. The fraction of sp³-hybridized carbons (Fsp3) is 0.240. The number of ether oxygens (including phenoxy) is 1. The number of H-pyrrole nitrogens is 1. The molecule has 1 N–H and O–H groups in total. The summed E-state index contributed by atoms with van der Waals surface area (Å²) in [5, 5.41) is 23.3. The highest BCUT2D eigenvalue weighted by atomic mass is 35.5. The highest BCUT2D eigenvalue weighted by Crippen LogP contribution is 2.32. The van der Waals surface area contributed by atoms with E-state index in [9.17, 15) is 22.8 Å². The van der Waals surface area contributed by atoms with Gasteiger partial charge >= 0.3 is 13.0 Å². The second kappa shape index (κ2) is 11.6. The molecule has 5 aromatic rings. The molecule has 0 aliphatic carbocycles. The van der Waals surface area contributed by atoms with Gasteiger partial charge in [-0.05, 0) is 25.1 Å². The van der Waals surface area contributed by atoms with Gasteiger partial charge in [0.15, 0.2) is 23.9 Å². The number of nitrogens with one attached hydrogen (secondary N) is 1. The molecule has 0 bridgehead atoms. The lowest BCUT2D eigenvalue weighted by Crippen LogP contribution is -2.36. The van der Waals surface area contributed by atoms with Crippen LogP contribution in [0.25, 0.3) is 22.5 Å². The molecule has 0 spiro atoms. The van der Waals surface area contributed by atoms with Gasteiger partial charge in [0.25, 0.3) is 5.69 Å². The summed E-state index contributed by atoms with van der Waals surface area (Å²) < 4.78 is 76.1. The molecule has 1 atom stereocenters. The zero-order chi connectivity index (χ0) is 29.3. The van der Waals surface area contributed by atoms with E-state index < -0.39 is 30.6 Å². The molecule has 0 amide bonds. The number of nitrogens with zero attached hydrogens (tertiary/aromatic N) is 7. The summed E-state index contributed by atoms with van der Waals surface area (Å²) in [6.07, 6.45) is 5.62. The number of alkyl halides is 4. The first-order chi connectivity index (χ1) is 19.6. The summed E-state index contributed by atoms with van der Waals surface area (Å²) in [5.41, 5.74) is 0.128. The summed E-state index contributed by atoms with van der Waals surface area (Å²) in [6.45, 7) is -1.61.